The Kier molecular flexibility index (Phi) is 6.67. The van der Waals surface area contributed by atoms with E-state index in [1.165, 1.54) is 6.26 Å². The normalized spacial score (nSPS) is 12.2. The largest absolute Gasteiger partial charge is 0.496 e. The topological polar surface area (TPSA) is 99.2 Å². The van der Waals surface area contributed by atoms with Gasteiger partial charge in [-0.3, -0.25) is 9.69 Å². The average Bonchev–Trinajstić information content (AvgIpc) is 3.65. The highest BCUT2D eigenvalue weighted by molar-refractivity contribution is 5.91. The number of hydrogen-bond donors (Lipinski definition) is 1. The molecule has 9 nitrogen and oxygen atoms in total. The number of carbonyl (C=O) groups excluding carboxylic acids is 1. The molecule has 9 heteroatoms. The first-order chi connectivity index (χ1) is 17.2. The molecule has 0 saturated heterocycles. The number of nitrogens with one attached hydrogen (secondary N) is 1. The van der Waals surface area contributed by atoms with Gasteiger partial charge in [-0.25, -0.2) is 4.98 Å². The van der Waals surface area contributed by atoms with Gasteiger partial charge in [0, 0.05) is 18.7 Å². The minimum Gasteiger partial charge on any atom is -0.496 e. The molecule has 0 saturated carbocycles. The molecule has 0 radical (unpaired) electrons. The molecule has 3 heterocycles. The van der Waals surface area contributed by atoms with Crippen LogP contribution < -0.4 is 19.5 Å². The van der Waals surface area contributed by atoms with E-state index in [4.69, 9.17) is 23.0 Å². The summed E-state index contributed by atoms with van der Waals surface area (Å²) in [5, 5.41) is 2.78. The van der Waals surface area contributed by atoms with Gasteiger partial charge in [0.05, 0.1) is 26.5 Å². The summed E-state index contributed by atoms with van der Waals surface area (Å²) in [7, 11) is 1.66. The number of aromatic nitrogens is 1. The third kappa shape index (κ3) is 5.47. The molecule has 2 aromatic carbocycles. The second-order valence-corrected chi connectivity index (χ2v) is 8.03. The summed E-state index contributed by atoms with van der Waals surface area (Å²) in [6, 6.07) is 17.3. The lowest BCUT2D eigenvalue weighted by Gasteiger charge is -2.22. The Morgan fingerprint density at radius 1 is 1.03 bits per heavy atom. The molecule has 1 aliphatic rings. The highest BCUT2D eigenvalue weighted by Gasteiger charge is 2.19. The van der Waals surface area contributed by atoms with Crippen LogP contribution in [-0.4, -0.2) is 29.7 Å². The fraction of sp³-hybridized carbons (Fsp3) is 0.231. The first kappa shape index (κ1) is 22.5. The van der Waals surface area contributed by atoms with Crippen molar-refractivity contribution in [1.82, 2.24) is 15.2 Å². The van der Waals surface area contributed by atoms with Crippen molar-refractivity contribution in [3.63, 3.8) is 0 Å². The number of furan rings is 1. The molecule has 5 rings (SSSR count). The Balaban J connectivity index is 1.31. The summed E-state index contributed by atoms with van der Waals surface area (Å²) < 4.78 is 27.4. The number of nitrogens with zero attached hydrogens (tertiary/aromatic N) is 2. The summed E-state index contributed by atoms with van der Waals surface area (Å²) in [5.74, 6) is 3.03. The average molecular weight is 476 g/mol. The molecule has 35 heavy (non-hydrogen) atoms. The summed E-state index contributed by atoms with van der Waals surface area (Å²) in [5.41, 5.74) is 2.29. The Morgan fingerprint density at radius 2 is 1.91 bits per heavy atom. The Bertz CT molecular complexity index is 1280. The maximum atomic E-state index is 12.5. The number of hydrogen-bond acceptors (Lipinski definition) is 8. The molecule has 0 spiro atoms. The molecule has 0 atom stereocenters. The Labute approximate surface area is 202 Å². The molecule has 0 aliphatic carbocycles. The van der Waals surface area contributed by atoms with Crippen molar-refractivity contribution in [2.24, 2.45) is 0 Å². The number of benzene rings is 2. The van der Waals surface area contributed by atoms with Crippen molar-refractivity contribution in [3.8, 4) is 17.2 Å². The number of ether oxygens (including phenoxy) is 3. The van der Waals surface area contributed by atoms with Crippen molar-refractivity contribution in [2.75, 3.05) is 13.9 Å². The van der Waals surface area contributed by atoms with E-state index in [1.54, 1.807) is 25.5 Å². The molecular weight excluding hydrogens is 450 g/mol. The zero-order valence-electron chi connectivity index (χ0n) is 19.2. The molecule has 1 aliphatic heterocycles. The highest BCUT2D eigenvalue weighted by Crippen LogP contribution is 2.33. The van der Waals surface area contributed by atoms with Gasteiger partial charge in [-0.1, -0.05) is 24.3 Å². The van der Waals surface area contributed by atoms with Gasteiger partial charge in [0.1, 0.15) is 17.8 Å². The van der Waals surface area contributed by atoms with Crippen molar-refractivity contribution < 1.29 is 27.8 Å². The number of para-hydroxylation sites is 1. The van der Waals surface area contributed by atoms with Gasteiger partial charge >= 0.3 is 0 Å². The van der Waals surface area contributed by atoms with E-state index in [1.807, 2.05) is 42.5 Å². The Morgan fingerprint density at radius 3 is 2.77 bits per heavy atom. The van der Waals surface area contributed by atoms with E-state index in [2.05, 4.69) is 15.2 Å². The fourth-order valence-electron chi connectivity index (χ4n) is 3.89. The van der Waals surface area contributed by atoms with Crippen molar-refractivity contribution in [2.45, 2.75) is 26.2 Å². The Hall–Kier alpha value is -4.24. The third-order valence-electron chi connectivity index (χ3n) is 5.58. The monoisotopic (exact) mass is 475 g/mol. The van der Waals surface area contributed by atoms with Crippen molar-refractivity contribution in [1.29, 1.82) is 0 Å². The summed E-state index contributed by atoms with van der Waals surface area (Å²) in [6.07, 6.45) is 2.93. The van der Waals surface area contributed by atoms with Crippen LogP contribution >= 0.6 is 0 Å². The van der Waals surface area contributed by atoms with E-state index in [0.717, 1.165) is 28.4 Å². The van der Waals surface area contributed by atoms with Crippen LogP contribution in [0, 0.1) is 0 Å². The molecule has 1 amide bonds. The first-order valence-corrected chi connectivity index (χ1v) is 11.2. The number of oxazole rings is 1. The summed E-state index contributed by atoms with van der Waals surface area (Å²) in [4.78, 5) is 19.0. The van der Waals surface area contributed by atoms with Gasteiger partial charge in [-0.05, 0) is 35.9 Å². The second kappa shape index (κ2) is 10.4. The van der Waals surface area contributed by atoms with Gasteiger partial charge in [-0.15, -0.1) is 0 Å². The molecule has 1 N–H and O–H groups in total. The van der Waals surface area contributed by atoms with E-state index in [9.17, 15) is 4.79 Å². The fourth-order valence-corrected chi connectivity index (χ4v) is 3.89. The van der Waals surface area contributed by atoms with Gasteiger partial charge in [0.25, 0.3) is 5.91 Å². The van der Waals surface area contributed by atoms with Crippen LogP contribution in [0.25, 0.3) is 0 Å². The number of amides is 1. The zero-order chi connectivity index (χ0) is 24.0. The van der Waals surface area contributed by atoms with Crippen molar-refractivity contribution in [3.05, 3.63) is 95.6 Å². The van der Waals surface area contributed by atoms with E-state index in [-0.39, 0.29) is 24.9 Å². The van der Waals surface area contributed by atoms with E-state index >= 15 is 0 Å². The van der Waals surface area contributed by atoms with Crippen LogP contribution in [0.4, 0.5) is 0 Å². The SMILES string of the molecule is COc1ccccc1CN(Cc1ccc2c(c1)OCO2)Cc1nc(C(=O)NCc2ccco2)co1. The maximum absolute atomic E-state index is 12.5. The molecule has 0 bridgehead atoms. The van der Waals surface area contributed by atoms with Crippen LogP contribution in [-0.2, 0) is 26.2 Å². The van der Waals surface area contributed by atoms with Gasteiger partial charge < -0.3 is 28.4 Å². The number of fused-ring (bicyclic) bond motifs is 1. The lowest BCUT2D eigenvalue weighted by Crippen LogP contribution is -2.24. The van der Waals surface area contributed by atoms with Crippen LogP contribution in [0.5, 0.6) is 17.2 Å². The third-order valence-corrected chi connectivity index (χ3v) is 5.58. The summed E-state index contributed by atoms with van der Waals surface area (Å²) in [6.45, 7) is 2.07. The molecule has 4 aromatic rings. The van der Waals surface area contributed by atoms with E-state index in [0.29, 0.717) is 31.3 Å². The predicted octanol–water partition coefficient (Wildman–Crippen LogP) is 4.14. The van der Waals surface area contributed by atoms with Crippen molar-refractivity contribution >= 4 is 5.91 Å². The number of carbonyl (C=O) groups is 1. The smallest absolute Gasteiger partial charge is 0.273 e. The highest BCUT2D eigenvalue weighted by atomic mass is 16.7. The quantitative estimate of drug-likeness (QED) is 0.365. The lowest BCUT2D eigenvalue weighted by atomic mass is 10.1. The molecule has 180 valence electrons. The van der Waals surface area contributed by atoms with Crippen LogP contribution in [0.15, 0.2) is 76.0 Å². The minimum absolute atomic E-state index is 0.215. The maximum Gasteiger partial charge on any atom is 0.273 e. The van der Waals surface area contributed by atoms with Crippen LogP contribution in [0.2, 0.25) is 0 Å². The zero-order valence-corrected chi connectivity index (χ0v) is 19.2. The van der Waals surface area contributed by atoms with Crippen LogP contribution in [0.3, 0.4) is 0 Å². The second-order valence-electron chi connectivity index (χ2n) is 8.03. The minimum atomic E-state index is -0.330. The molecular formula is C26H25N3O6. The number of rotatable bonds is 10. The first-order valence-electron chi connectivity index (χ1n) is 11.2. The molecule has 0 unspecified atom stereocenters. The van der Waals surface area contributed by atoms with Gasteiger partial charge in [0.15, 0.2) is 17.2 Å². The standard InChI is InChI=1S/C26H25N3O6/c1-31-22-7-3-2-5-19(22)14-29(13-18-8-9-23-24(11-18)35-17-34-23)15-25-28-21(16-33-25)26(30)27-12-20-6-4-10-32-20/h2-11,16H,12-15,17H2,1H3,(H,27,30). The van der Waals surface area contributed by atoms with Crippen LogP contribution in [0.1, 0.15) is 33.3 Å². The van der Waals surface area contributed by atoms with E-state index < -0.39 is 0 Å². The predicted molar refractivity (Wildman–Crippen MR) is 125 cm³/mol. The van der Waals surface area contributed by atoms with Gasteiger partial charge in [0.2, 0.25) is 12.7 Å². The lowest BCUT2D eigenvalue weighted by molar-refractivity contribution is 0.0943. The molecule has 0 fully saturated rings. The molecule has 2 aromatic heterocycles. The van der Waals surface area contributed by atoms with Gasteiger partial charge in [-0.2, -0.15) is 0 Å². The number of methoxy groups -OCH3 is 1. The summed E-state index contributed by atoms with van der Waals surface area (Å²) >= 11 is 0.